The second kappa shape index (κ2) is 4.75. The van der Waals surface area contributed by atoms with Crippen LogP contribution in [-0.4, -0.2) is 24.6 Å². The van der Waals surface area contributed by atoms with Gasteiger partial charge in [0.1, 0.15) is 11.3 Å². The maximum atomic E-state index is 4.66. The maximum Gasteiger partial charge on any atom is 0.160 e. The van der Waals surface area contributed by atoms with E-state index in [0.29, 0.717) is 0 Å². The average Bonchev–Trinajstić information content (AvgIpc) is 3.13. The van der Waals surface area contributed by atoms with Crippen LogP contribution in [0.3, 0.4) is 0 Å². The number of aromatic nitrogens is 5. The highest BCUT2D eigenvalue weighted by atomic mass is 32.1. The lowest BCUT2D eigenvalue weighted by molar-refractivity contribution is 1.10. The van der Waals surface area contributed by atoms with Crippen LogP contribution in [0.1, 0.15) is 5.69 Å². The van der Waals surface area contributed by atoms with Crippen LogP contribution < -0.4 is 0 Å². The van der Waals surface area contributed by atoms with E-state index < -0.39 is 0 Å². The lowest BCUT2D eigenvalue weighted by Gasteiger charge is -1.99. The van der Waals surface area contributed by atoms with Crippen molar-refractivity contribution in [3.63, 3.8) is 0 Å². The van der Waals surface area contributed by atoms with Crippen molar-refractivity contribution in [1.82, 2.24) is 24.6 Å². The van der Waals surface area contributed by atoms with Crippen molar-refractivity contribution in [2.45, 2.75) is 6.92 Å². The van der Waals surface area contributed by atoms with Gasteiger partial charge in [0.05, 0.1) is 10.6 Å². The zero-order valence-electron chi connectivity index (χ0n) is 11.3. The molecule has 5 nitrogen and oxygen atoms in total. The number of hydrogen-bond acceptors (Lipinski definition) is 5. The third-order valence-corrected chi connectivity index (χ3v) is 4.51. The van der Waals surface area contributed by atoms with Gasteiger partial charge >= 0.3 is 0 Å². The molecule has 0 aliphatic heterocycles. The zero-order chi connectivity index (χ0) is 14.2. The fourth-order valence-corrected chi connectivity index (χ4v) is 3.29. The molecular formula is C15H11N5S. The molecule has 102 valence electrons. The molecule has 4 aromatic rings. The Bertz CT molecular complexity index is 910. The Hall–Kier alpha value is -2.60. The summed E-state index contributed by atoms with van der Waals surface area (Å²) in [6.45, 7) is 2.03. The van der Waals surface area contributed by atoms with Crippen LogP contribution >= 0.6 is 11.3 Å². The van der Waals surface area contributed by atoms with E-state index in [-0.39, 0.29) is 0 Å². The smallest absolute Gasteiger partial charge is 0.160 e. The average molecular weight is 293 g/mol. The van der Waals surface area contributed by atoms with Gasteiger partial charge < -0.3 is 0 Å². The summed E-state index contributed by atoms with van der Waals surface area (Å²) in [6.07, 6.45) is 7.34. The summed E-state index contributed by atoms with van der Waals surface area (Å²) in [6, 6.07) is 7.97. The molecule has 0 aromatic carbocycles. The van der Waals surface area contributed by atoms with Gasteiger partial charge in [-0.15, -0.1) is 21.5 Å². The van der Waals surface area contributed by atoms with E-state index in [4.69, 9.17) is 0 Å². The maximum absolute atomic E-state index is 4.66. The number of hydrogen-bond donors (Lipinski definition) is 0. The standard InChI is InChI=1S/C15H11N5S/c1-10-14(12-4-5-13-19-17-9-20(13)8-12)21-15(18-10)11-3-2-6-16-7-11/h2-9H,1H3. The van der Waals surface area contributed by atoms with E-state index in [2.05, 4.69) is 26.2 Å². The van der Waals surface area contributed by atoms with Crippen LogP contribution in [0, 0.1) is 6.92 Å². The van der Waals surface area contributed by atoms with Crippen LogP contribution in [0.5, 0.6) is 0 Å². The van der Waals surface area contributed by atoms with Gasteiger partial charge in [-0.05, 0) is 31.2 Å². The monoisotopic (exact) mass is 293 g/mol. The van der Waals surface area contributed by atoms with E-state index in [1.807, 2.05) is 41.9 Å². The molecule has 0 fully saturated rings. The first-order valence-corrected chi connectivity index (χ1v) is 7.30. The Balaban J connectivity index is 1.83. The summed E-state index contributed by atoms with van der Waals surface area (Å²) >= 11 is 1.67. The van der Waals surface area contributed by atoms with Crippen molar-refractivity contribution in [3.8, 4) is 21.0 Å². The van der Waals surface area contributed by atoms with E-state index in [0.717, 1.165) is 32.4 Å². The molecule has 0 amide bonds. The second-order valence-electron chi connectivity index (χ2n) is 4.69. The lowest BCUT2D eigenvalue weighted by Crippen LogP contribution is -1.85. The number of pyridine rings is 2. The van der Waals surface area contributed by atoms with E-state index in [1.54, 1.807) is 23.9 Å². The summed E-state index contributed by atoms with van der Waals surface area (Å²) < 4.78 is 1.91. The van der Waals surface area contributed by atoms with Crippen LogP contribution in [0.4, 0.5) is 0 Å². The molecule has 21 heavy (non-hydrogen) atoms. The van der Waals surface area contributed by atoms with Gasteiger partial charge in [0, 0.05) is 29.7 Å². The largest absolute Gasteiger partial charge is 0.288 e. The van der Waals surface area contributed by atoms with Crippen molar-refractivity contribution >= 4 is 17.0 Å². The summed E-state index contributed by atoms with van der Waals surface area (Å²) in [5.41, 5.74) is 4.02. The first kappa shape index (κ1) is 12.2. The highest BCUT2D eigenvalue weighted by molar-refractivity contribution is 7.18. The number of rotatable bonds is 2. The molecule has 0 saturated heterocycles. The Morgan fingerprint density at radius 1 is 1.14 bits per heavy atom. The van der Waals surface area contributed by atoms with Crippen molar-refractivity contribution in [1.29, 1.82) is 0 Å². The molecule has 4 heterocycles. The number of aryl methyl sites for hydroxylation is 1. The quantitative estimate of drug-likeness (QED) is 0.569. The molecule has 0 unspecified atom stereocenters. The molecule has 0 bridgehead atoms. The molecule has 6 heteroatoms. The predicted octanol–water partition coefficient (Wildman–Crippen LogP) is 3.22. The summed E-state index contributed by atoms with van der Waals surface area (Å²) in [4.78, 5) is 9.97. The summed E-state index contributed by atoms with van der Waals surface area (Å²) in [5, 5.41) is 8.91. The Labute approximate surface area is 125 Å². The van der Waals surface area contributed by atoms with Gasteiger partial charge in [-0.1, -0.05) is 0 Å². The molecule has 0 spiro atoms. The van der Waals surface area contributed by atoms with Crippen molar-refractivity contribution in [3.05, 3.63) is 54.9 Å². The van der Waals surface area contributed by atoms with Gasteiger partial charge in [-0.3, -0.25) is 9.38 Å². The Morgan fingerprint density at radius 2 is 2.10 bits per heavy atom. The van der Waals surface area contributed by atoms with Gasteiger partial charge in [0.2, 0.25) is 0 Å². The van der Waals surface area contributed by atoms with Crippen LogP contribution in [0.15, 0.2) is 49.2 Å². The van der Waals surface area contributed by atoms with Crippen LogP contribution in [-0.2, 0) is 0 Å². The molecule has 0 atom stereocenters. The van der Waals surface area contributed by atoms with Crippen LogP contribution in [0.25, 0.3) is 26.7 Å². The topological polar surface area (TPSA) is 56.0 Å². The van der Waals surface area contributed by atoms with Crippen LogP contribution in [0.2, 0.25) is 0 Å². The van der Waals surface area contributed by atoms with Gasteiger partial charge in [-0.25, -0.2) is 4.98 Å². The predicted molar refractivity (Wildman–Crippen MR) is 82.1 cm³/mol. The minimum atomic E-state index is 0.841. The number of fused-ring (bicyclic) bond motifs is 1. The van der Waals surface area contributed by atoms with E-state index in [9.17, 15) is 0 Å². The summed E-state index contributed by atoms with van der Waals surface area (Å²) in [5.74, 6) is 0. The fraction of sp³-hybridized carbons (Fsp3) is 0.0667. The highest BCUT2D eigenvalue weighted by Gasteiger charge is 2.12. The molecule has 0 radical (unpaired) electrons. The third kappa shape index (κ3) is 2.09. The molecule has 0 aliphatic rings. The van der Waals surface area contributed by atoms with E-state index in [1.165, 1.54) is 0 Å². The minimum Gasteiger partial charge on any atom is -0.288 e. The van der Waals surface area contributed by atoms with Gasteiger partial charge in [0.15, 0.2) is 5.65 Å². The van der Waals surface area contributed by atoms with Crippen molar-refractivity contribution < 1.29 is 0 Å². The first-order valence-electron chi connectivity index (χ1n) is 6.49. The molecule has 0 N–H and O–H groups in total. The Kier molecular flexibility index (Phi) is 2.75. The number of nitrogens with zero attached hydrogens (tertiary/aromatic N) is 5. The van der Waals surface area contributed by atoms with Crippen molar-refractivity contribution in [2.75, 3.05) is 0 Å². The molecule has 4 rings (SSSR count). The normalized spacial score (nSPS) is 11.1. The highest BCUT2D eigenvalue weighted by Crippen LogP contribution is 2.34. The first-order chi connectivity index (χ1) is 10.3. The van der Waals surface area contributed by atoms with Gasteiger partial charge in [0.25, 0.3) is 0 Å². The summed E-state index contributed by atoms with van der Waals surface area (Å²) in [7, 11) is 0. The molecule has 0 saturated carbocycles. The Morgan fingerprint density at radius 3 is 2.95 bits per heavy atom. The molecule has 0 aliphatic carbocycles. The minimum absolute atomic E-state index is 0.841. The zero-order valence-corrected chi connectivity index (χ0v) is 12.1. The van der Waals surface area contributed by atoms with Gasteiger partial charge in [-0.2, -0.15) is 0 Å². The third-order valence-electron chi connectivity index (χ3n) is 3.26. The number of thiazole rings is 1. The van der Waals surface area contributed by atoms with Crippen molar-refractivity contribution in [2.24, 2.45) is 0 Å². The lowest BCUT2D eigenvalue weighted by atomic mass is 10.2. The fourth-order valence-electron chi connectivity index (χ4n) is 2.24. The molecule has 4 aromatic heterocycles. The van der Waals surface area contributed by atoms with E-state index >= 15 is 0 Å². The second-order valence-corrected chi connectivity index (χ2v) is 5.69. The molecular weight excluding hydrogens is 282 g/mol. The SMILES string of the molecule is Cc1nc(-c2cccnc2)sc1-c1ccc2nncn2c1.